The van der Waals surface area contributed by atoms with Gasteiger partial charge in [-0.3, -0.25) is 10.3 Å². The number of aryl methyl sites for hydroxylation is 1. The van der Waals surface area contributed by atoms with Gasteiger partial charge in [-0.25, -0.2) is 19.2 Å². The topological polar surface area (TPSA) is 110 Å². The van der Waals surface area contributed by atoms with E-state index in [0.717, 1.165) is 10.9 Å². The molecule has 4 heterocycles. The summed E-state index contributed by atoms with van der Waals surface area (Å²) in [7, 11) is 0. The van der Waals surface area contributed by atoms with Gasteiger partial charge in [-0.15, -0.1) is 0 Å². The van der Waals surface area contributed by atoms with Crippen molar-refractivity contribution in [1.29, 1.82) is 0 Å². The summed E-state index contributed by atoms with van der Waals surface area (Å²) in [4.78, 5) is 26.4. The zero-order chi connectivity index (χ0) is 19.0. The SMILES string of the molecule is Cc1ncc(-c2cnc3cnc(NC(=O)N4CC[C@@H](N)[C@H](F)C4)cc3c2)o1. The molecule has 0 radical (unpaired) electrons. The van der Waals surface area contributed by atoms with E-state index in [-0.39, 0.29) is 6.54 Å². The van der Waals surface area contributed by atoms with Crippen LogP contribution in [0.4, 0.5) is 15.0 Å². The Morgan fingerprint density at radius 2 is 2.15 bits per heavy atom. The Bertz CT molecular complexity index is 991. The van der Waals surface area contributed by atoms with Gasteiger partial charge in [-0.2, -0.15) is 0 Å². The van der Waals surface area contributed by atoms with Gasteiger partial charge in [0.1, 0.15) is 12.0 Å². The number of aromatic nitrogens is 3. The van der Waals surface area contributed by atoms with Gasteiger partial charge in [0.15, 0.2) is 11.7 Å². The van der Waals surface area contributed by atoms with Crippen molar-refractivity contribution in [2.45, 2.75) is 25.6 Å². The highest BCUT2D eigenvalue weighted by Gasteiger charge is 2.29. The summed E-state index contributed by atoms with van der Waals surface area (Å²) in [6.07, 6.45) is 4.11. The Balaban J connectivity index is 1.54. The number of nitrogens with two attached hydrogens (primary N) is 1. The first kappa shape index (κ1) is 17.3. The first-order chi connectivity index (χ1) is 13.0. The summed E-state index contributed by atoms with van der Waals surface area (Å²) >= 11 is 0. The van der Waals surface area contributed by atoms with E-state index >= 15 is 0 Å². The van der Waals surface area contributed by atoms with Gasteiger partial charge >= 0.3 is 6.03 Å². The fourth-order valence-electron chi connectivity index (χ4n) is 3.03. The molecule has 4 rings (SSSR count). The standard InChI is InChI=1S/C18H19FN6O2/c1-10-21-8-16(27-10)12-4-11-5-17(23-7-15(11)22-6-12)24-18(26)25-3-2-14(20)13(19)9-25/h4-8,13-14H,2-3,9,20H2,1H3,(H,23,24,26)/t13-,14-/m1/s1. The van der Waals surface area contributed by atoms with E-state index in [9.17, 15) is 9.18 Å². The van der Waals surface area contributed by atoms with Crippen LogP contribution in [-0.2, 0) is 0 Å². The van der Waals surface area contributed by atoms with Gasteiger partial charge in [0.05, 0.1) is 24.5 Å². The second-order valence-corrected chi connectivity index (χ2v) is 6.57. The number of hydrogen-bond acceptors (Lipinski definition) is 6. The predicted molar refractivity (Wildman–Crippen MR) is 97.9 cm³/mol. The number of pyridine rings is 2. The molecule has 2 amide bonds. The Hall–Kier alpha value is -3.07. The number of alkyl halides is 1. The van der Waals surface area contributed by atoms with Crippen molar-refractivity contribution >= 4 is 22.8 Å². The van der Waals surface area contributed by atoms with Crippen LogP contribution in [0.2, 0.25) is 0 Å². The highest BCUT2D eigenvalue weighted by Crippen LogP contribution is 2.24. The maximum Gasteiger partial charge on any atom is 0.323 e. The van der Waals surface area contributed by atoms with Crippen LogP contribution in [0.15, 0.2) is 35.1 Å². The molecular formula is C18H19FN6O2. The van der Waals surface area contributed by atoms with Crippen molar-refractivity contribution in [3.8, 4) is 11.3 Å². The number of anilines is 1. The van der Waals surface area contributed by atoms with Gasteiger partial charge in [-0.05, 0) is 18.6 Å². The molecule has 0 aromatic carbocycles. The van der Waals surface area contributed by atoms with E-state index in [1.807, 2.05) is 6.07 Å². The average Bonchev–Trinajstić information content (AvgIpc) is 3.09. The third-order valence-corrected chi connectivity index (χ3v) is 4.59. The fraction of sp³-hybridized carbons (Fsp3) is 0.333. The van der Waals surface area contributed by atoms with E-state index in [4.69, 9.17) is 10.2 Å². The van der Waals surface area contributed by atoms with Crippen LogP contribution in [0.25, 0.3) is 22.2 Å². The van der Waals surface area contributed by atoms with Crippen LogP contribution < -0.4 is 11.1 Å². The summed E-state index contributed by atoms with van der Waals surface area (Å²) in [6.45, 7) is 2.17. The number of piperidine rings is 1. The molecule has 3 aromatic rings. The fourth-order valence-corrected chi connectivity index (χ4v) is 3.03. The van der Waals surface area contributed by atoms with E-state index in [0.29, 0.717) is 36.0 Å². The van der Waals surface area contributed by atoms with Gasteiger partial charge in [0.25, 0.3) is 0 Å². The summed E-state index contributed by atoms with van der Waals surface area (Å²) in [5.41, 5.74) is 7.11. The number of urea groups is 1. The molecular weight excluding hydrogens is 351 g/mol. The second kappa shape index (κ2) is 6.92. The lowest BCUT2D eigenvalue weighted by Crippen LogP contribution is -2.51. The van der Waals surface area contributed by atoms with Crippen LogP contribution in [0.3, 0.4) is 0 Å². The Morgan fingerprint density at radius 3 is 2.89 bits per heavy atom. The van der Waals surface area contributed by atoms with Gasteiger partial charge < -0.3 is 15.1 Å². The maximum atomic E-state index is 13.8. The molecule has 8 nitrogen and oxygen atoms in total. The largest absolute Gasteiger partial charge is 0.441 e. The van der Waals surface area contributed by atoms with Crippen molar-refractivity contribution in [2.24, 2.45) is 5.73 Å². The smallest absolute Gasteiger partial charge is 0.323 e. The number of amides is 2. The molecule has 1 aliphatic rings. The third kappa shape index (κ3) is 3.59. The molecule has 1 saturated heterocycles. The number of rotatable bonds is 2. The van der Waals surface area contributed by atoms with E-state index < -0.39 is 18.2 Å². The minimum atomic E-state index is -1.22. The molecule has 9 heteroatoms. The van der Waals surface area contributed by atoms with Crippen LogP contribution in [0, 0.1) is 6.92 Å². The highest BCUT2D eigenvalue weighted by atomic mass is 19.1. The summed E-state index contributed by atoms with van der Waals surface area (Å²) < 4.78 is 19.3. The zero-order valence-electron chi connectivity index (χ0n) is 14.7. The molecule has 1 fully saturated rings. The monoisotopic (exact) mass is 370 g/mol. The van der Waals surface area contributed by atoms with Crippen LogP contribution in [0.5, 0.6) is 0 Å². The van der Waals surface area contributed by atoms with Crippen LogP contribution in [-0.4, -0.2) is 51.2 Å². The number of fused-ring (bicyclic) bond motifs is 1. The molecule has 3 aromatic heterocycles. The second-order valence-electron chi connectivity index (χ2n) is 6.57. The quantitative estimate of drug-likeness (QED) is 0.717. The summed E-state index contributed by atoms with van der Waals surface area (Å²) in [5.74, 6) is 1.55. The van der Waals surface area contributed by atoms with E-state index in [1.165, 1.54) is 4.90 Å². The van der Waals surface area contributed by atoms with E-state index in [1.54, 1.807) is 31.6 Å². The predicted octanol–water partition coefficient (Wildman–Crippen LogP) is 2.50. The molecule has 1 aliphatic heterocycles. The van der Waals surface area contributed by atoms with Crippen molar-refractivity contribution in [1.82, 2.24) is 19.9 Å². The van der Waals surface area contributed by atoms with E-state index in [2.05, 4.69) is 20.3 Å². The molecule has 0 unspecified atom stereocenters. The minimum absolute atomic E-state index is 0.0167. The van der Waals surface area contributed by atoms with Gasteiger partial charge in [0, 0.05) is 36.7 Å². The van der Waals surface area contributed by atoms with Gasteiger partial charge in [-0.1, -0.05) is 0 Å². The van der Waals surface area contributed by atoms with Crippen molar-refractivity contribution in [2.75, 3.05) is 18.4 Å². The molecule has 0 bridgehead atoms. The number of likely N-dealkylation sites (tertiary alicyclic amines) is 1. The number of halogens is 1. The van der Waals surface area contributed by atoms with Crippen molar-refractivity contribution < 1.29 is 13.6 Å². The first-order valence-electron chi connectivity index (χ1n) is 8.64. The number of nitrogens with zero attached hydrogens (tertiary/aromatic N) is 4. The van der Waals surface area contributed by atoms with Crippen molar-refractivity contribution in [3.05, 3.63) is 36.6 Å². The lowest BCUT2D eigenvalue weighted by Gasteiger charge is -2.32. The average molecular weight is 370 g/mol. The molecule has 0 saturated carbocycles. The van der Waals surface area contributed by atoms with Gasteiger partial charge in [0.2, 0.25) is 0 Å². The Labute approximate surface area is 154 Å². The normalized spacial score (nSPS) is 20.0. The number of hydrogen-bond donors (Lipinski definition) is 2. The lowest BCUT2D eigenvalue weighted by molar-refractivity contribution is 0.137. The molecule has 3 N–H and O–H groups in total. The molecule has 2 atom stereocenters. The summed E-state index contributed by atoms with van der Waals surface area (Å²) in [5, 5.41) is 3.50. The van der Waals surface area contributed by atoms with Crippen molar-refractivity contribution in [3.63, 3.8) is 0 Å². The summed E-state index contributed by atoms with van der Waals surface area (Å²) in [6, 6.07) is 2.69. The maximum absolute atomic E-state index is 13.8. The highest BCUT2D eigenvalue weighted by molar-refractivity contribution is 5.91. The number of carbonyl (C=O) groups is 1. The Kier molecular flexibility index (Phi) is 4.44. The minimum Gasteiger partial charge on any atom is -0.441 e. The Morgan fingerprint density at radius 1 is 1.30 bits per heavy atom. The molecule has 0 spiro atoms. The number of nitrogens with one attached hydrogen (secondary N) is 1. The number of oxazole rings is 1. The number of carbonyl (C=O) groups excluding carboxylic acids is 1. The van der Waals surface area contributed by atoms with Crippen LogP contribution >= 0.6 is 0 Å². The first-order valence-corrected chi connectivity index (χ1v) is 8.64. The molecule has 0 aliphatic carbocycles. The lowest BCUT2D eigenvalue weighted by atomic mass is 10.0. The molecule has 27 heavy (non-hydrogen) atoms. The zero-order valence-corrected chi connectivity index (χ0v) is 14.7. The third-order valence-electron chi connectivity index (χ3n) is 4.59. The molecule has 140 valence electrons. The van der Waals surface area contributed by atoms with Crippen LogP contribution in [0.1, 0.15) is 12.3 Å².